The number of carbonyl (C=O) groups is 3. The van der Waals surface area contributed by atoms with Gasteiger partial charge in [0.15, 0.2) is 0 Å². The Morgan fingerprint density at radius 3 is 1.52 bits per heavy atom. The van der Waals surface area contributed by atoms with Crippen molar-refractivity contribution < 1.29 is 28.6 Å². The van der Waals surface area contributed by atoms with Crippen molar-refractivity contribution in [2.45, 2.75) is 59.3 Å². The van der Waals surface area contributed by atoms with Gasteiger partial charge in [0.2, 0.25) is 0 Å². The average Bonchev–Trinajstić information content (AvgIpc) is 2.74. The van der Waals surface area contributed by atoms with Crippen molar-refractivity contribution in [1.82, 2.24) is 0 Å². The van der Waals surface area contributed by atoms with Gasteiger partial charge in [-0.1, -0.05) is 58.2 Å². The summed E-state index contributed by atoms with van der Waals surface area (Å²) < 4.78 is 14.7. The van der Waals surface area contributed by atoms with Crippen LogP contribution >= 0.6 is 0 Å². The summed E-state index contributed by atoms with van der Waals surface area (Å²) >= 11 is 0. The molecule has 6 heteroatoms. The Kier molecular flexibility index (Phi) is 17.0. The lowest BCUT2D eigenvalue weighted by Gasteiger charge is -2.02. The molecule has 0 heterocycles. The SMILES string of the molecule is CCCCOC(=O)/C=C\C(=O)OCCCC.CCCCOC(=O)c1ccccc1. The minimum atomic E-state index is -0.499. The highest BCUT2D eigenvalue weighted by Crippen LogP contribution is 2.01. The molecule has 0 radical (unpaired) electrons. The summed E-state index contributed by atoms with van der Waals surface area (Å²) in [6, 6.07) is 9.05. The maximum absolute atomic E-state index is 11.3. The third-order valence-electron chi connectivity index (χ3n) is 3.58. The van der Waals surface area contributed by atoms with Crippen LogP contribution in [0.1, 0.15) is 69.7 Å². The van der Waals surface area contributed by atoms with Crippen LogP contribution in [0.25, 0.3) is 0 Å². The maximum atomic E-state index is 11.3. The van der Waals surface area contributed by atoms with Crippen LogP contribution in [-0.4, -0.2) is 37.7 Å². The molecule has 0 aromatic heterocycles. The van der Waals surface area contributed by atoms with Gasteiger partial charge in [0.25, 0.3) is 0 Å². The third kappa shape index (κ3) is 16.1. The van der Waals surface area contributed by atoms with Gasteiger partial charge in [-0.15, -0.1) is 0 Å². The first-order valence-electron chi connectivity index (χ1n) is 10.3. The lowest BCUT2D eigenvalue weighted by molar-refractivity contribution is -0.140. The van der Waals surface area contributed by atoms with Crippen molar-refractivity contribution in [3.8, 4) is 0 Å². The normalized spacial score (nSPS) is 10.0. The number of unbranched alkanes of at least 4 members (excludes halogenated alkanes) is 3. The van der Waals surface area contributed by atoms with Gasteiger partial charge in [-0.2, -0.15) is 0 Å². The van der Waals surface area contributed by atoms with Crippen LogP contribution in [0.5, 0.6) is 0 Å². The van der Waals surface area contributed by atoms with Crippen molar-refractivity contribution in [2.75, 3.05) is 19.8 Å². The second-order valence-corrected chi connectivity index (χ2v) is 6.23. The molecule has 1 rings (SSSR count). The van der Waals surface area contributed by atoms with Crippen LogP contribution in [-0.2, 0) is 23.8 Å². The predicted molar refractivity (Wildman–Crippen MR) is 113 cm³/mol. The molecule has 162 valence electrons. The lowest BCUT2D eigenvalue weighted by Crippen LogP contribution is -2.05. The molecule has 0 bridgehead atoms. The number of hydrogen-bond donors (Lipinski definition) is 0. The fourth-order valence-corrected chi connectivity index (χ4v) is 1.83. The Labute approximate surface area is 174 Å². The number of benzene rings is 1. The van der Waals surface area contributed by atoms with E-state index in [2.05, 4.69) is 6.92 Å². The van der Waals surface area contributed by atoms with Gasteiger partial charge in [-0.3, -0.25) is 0 Å². The van der Waals surface area contributed by atoms with E-state index in [4.69, 9.17) is 14.2 Å². The van der Waals surface area contributed by atoms with Crippen molar-refractivity contribution in [2.24, 2.45) is 0 Å². The highest BCUT2D eigenvalue weighted by molar-refractivity contribution is 5.91. The van der Waals surface area contributed by atoms with Crippen LogP contribution in [0.4, 0.5) is 0 Å². The fraction of sp³-hybridized carbons (Fsp3) is 0.522. The molecule has 0 aliphatic heterocycles. The zero-order valence-corrected chi connectivity index (χ0v) is 17.9. The molecule has 0 amide bonds. The van der Waals surface area contributed by atoms with E-state index in [1.807, 2.05) is 32.0 Å². The summed E-state index contributed by atoms with van der Waals surface area (Å²) in [4.78, 5) is 33.4. The quantitative estimate of drug-likeness (QED) is 0.213. The minimum Gasteiger partial charge on any atom is -0.463 e. The Morgan fingerprint density at radius 2 is 1.10 bits per heavy atom. The summed E-state index contributed by atoms with van der Waals surface area (Å²) in [5, 5.41) is 0. The number of rotatable bonds is 12. The Bertz CT molecular complexity index is 571. The second-order valence-electron chi connectivity index (χ2n) is 6.23. The molecular weight excluding hydrogens is 372 g/mol. The molecule has 1 aromatic carbocycles. The van der Waals surface area contributed by atoms with Gasteiger partial charge in [-0.05, 0) is 31.4 Å². The molecule has 0 fully saturated rings. The lowest BCUT2D eigenvalue weighted by atomic mass is 10.2. The summed E-state index contributed by atoms with van der Waals surface area (Å²) in [5.74, 6) is -1.23. The first-order valence-corrected chi connectivity index (χ1v) is 10.3. The zero-order chi connectivity index (χ0) is 21.7. The molecule has 6 nitrogen and oxygen atoms in total. The van der Waals surface area contributed by atoms with Crippen LogP contribution in [0.3, 0.4) is 0 Å². The Balaban J connectivity index is 0.000000551. The van der Waals surface area contributed by atoms with Gasteiger partial charge >= 0.3 is 17.9 Å². The molecule has 0 aliphatic rings. The molecule has 0 unspecified atom stereocenters. The van der Waals surface area contributed by atoms with Crippen molar-refractivity contribution in [3.05, 3.63) is 48.0 Å². The minimum absolute atomic E-state index is 0.228. The number of hydrogen-bond acceptors (Lipinski definition) is 6. The average molecular weight is 407 g/mol. The summed E-state index contributed by atoms with van der Waals surface area (Å²) in [7, 11) is 0. The van der Waals surface area contributed by atoms with Gasteiger partial charge in [0, 0.05) is 12.2 Å². The number of ether oxygens (including phenoxy) is 3. The maximum Gasteiger partial charge on any atom is 0.338 e. The van der Waals surface area contributed by atoms with Crippen LogP contribution in [0.2, 0.25) is 0 Å². The standard InChI is InChI=1S/C12H20O4.C11H14O2/c1-3-5-9-15-11(13)7-8-12(14)16-10-6-4-2;1-2-3-9-13-11(12)10-7-5-4-6-8-10/h7-8H,3-6,9-10H2,1-2H3;4-8H,2-3,9H2,1H3/b8-7-;. The Morgan fingerprint density at radius 1 is 0.690 bits per heavy atom. The van der Waals surface area contributed by atoms with Crippen molar-refractivity contribution in [1.29, 1.82) is 0 Å². The van der Waals surface area contributed by atoms with Crippen molar-refractivity contribution in [3.63, 3.8) is 0 Å². The molecule has 0 atom stereocenters. The van der Waals surface area contributed by atoms with Gasteiger partial charge < -0.3 is 14.2 Å². The fourth-order valence-electron chi connectivity index (χ4n) is 1.83. The van der Waals surface area contributed by atoms with E-state index in [9.17, 15) is 14.4 Å². The molecule has 1 aromatic rings. The van der Waals surface area contributed by atoms with Crippen LogP contribution < -0.4 is 0 Å². The van der Waals surface area contributed by atoms with E-state index in [1.165, 1.54) is 0 Å². The van der Waals surface area contributed by atoms with E-state index in [0.29, 0.717) is 25.4 Å². The highest BCUT2D eigenvalue weighted by atomic mass is 16.5. The molecule has 0 saturated carbocycles. The van der Waals surface area contributed by atoms with Crippen LogP contribution in [0.15, 0.2) is 42.5 Å². The number of esters is 3. The smallest absolute Gasteiger partial charge is 0.338 e. The third-order valence-corrected chi connectivity index (χ3v) is 3.58. The highest BCUT2D eigenvalue weighted by Gasteiger charge is 2.04. The second kappa shape index (κ2) is 18.7. The van der Waals surface area contributed by atoms with E-state index in [-0.39, 0.29) is 5.97 Å². The van der Waals surface area contributed by atoms with Gasteiger partial charge in [0.05, 0.1) is 25.4 Å². The monoisotopic (exact) mass is 406 g/mol. The molecule has 0 spiro atoms. The molecule has 0 aliphatic carbocycles. The van der Waals surface area contributed by atoms with Gasteiger partial charge in [0.1, 0.15) is 0 Å². The zero-order valence-electron chi connectivity index (χ0n) is 17.9. The molecule has 0 saturated heterocycles. The number of carbonyl (C=O) groups excluding carboxylic acids is 3. The molecule has 0 N–H and O–H groups in total. The first kappa shape index (κ1) is 26.4. The topological polar surface area (TPSA) is 78.9 Å². The Hall–Kier alpha value is -2.63. The summed E-state index contributed by atoms with van der Waals surface area (Å²) in [6.07, 6.45) is 7.78. The summed E-state index contributed by atoms with van der Waals surface area (Å²) in [6.45, 7) is 7.39. The first-order chi connectivity index (χ1) is 14.0. The predicted octanol–water partition coefficient (Wildman–Crippen LogP) is 4.87. The van der Waals surface area contributed by atoms with E-state index in [1.54, 1.807) is 12.1 Å². The van der Waals surface area contributed by atoms with E-state index < -0.39 is 11.9 Å². The van der Waals surface area contributed by atoms with Gasteiger partial charge in [-0.25, -0.2) is 14.4 Å². The molecular formula is C23H34O6. The largest absolute Gasteiger partial charge is 0.463 e. The van der Waals surface area contributed by atoms with E-state index in [0.717, 1.165) is 50.7 Å². The van der Waals surface area contributed by atoms with Crippen LogP contribution in [0, 0.1) is 0 Å². The van der Waals surface area contributed by atoms with Crippen molar-refractivity contribution >= 4 is 17.9 Å². The molecule has 29 heavy (non-hydrogen) atoms. The summed E-state index contributed by atoms with van der Waals surface area (Å²) in [5.41, 5.74) is 0.624. The van der Waals surface area contributed by atoms with E-state index >= 15 is 0 Å².